The normalized spacial score (nSPS) is 17.1. The summed E-state index contributed by atoms with van der Waals surface area (Å²) in [5.41, 5.74) is 1.16. The van der Waals surface area contributed by atoms with Crippen LogP contribution in [-0.2, 0) is 4.79 Å². The smallest absolute Gasteiger partial charge is 0.337 e. The summed E-state index contributed by atoms with van der Waals surface area (Å²) >= 11 is 0. The van der Waals surface area contributed by atoms with Gasteiger partial charge in [0.15, 0.2) is 11.9 Å². The topological polar surface area (TPSA) is 78.9 Å². The number of ketones is 1. The number of Topliss-reactive ketones (excluding diaryl/α,β-unsaturated/α-hetero) is 1. The number of ether oxygens (including phenoxy) is 1. The standard InChI is InChI=1S/C12H14N2O4/c1-6(15)11-13-9-8(18-3)5-4-7(12(16)17)10(9)14(11)2/h4-5,11,13H,1-3H3,(H,16,17). The fraction of sp³-hybridized carbons (Fsp3) is 0.333. The number of carbonyl (C=O) groups is 2. The Morgan fingerprint density at radius 1 is 1.44 bits per heavy atom. The largest absolute Gasteiger partial charge is 0.495 e. The minimum atomic E-state index is -1.04. The van der Waals surface area contributed by atoms with Gasteiger partial charge in [-0.15, -0.1) is 0 Å². The Hall–Kier alpha value is -2.24. The average molecular weight is 250 g/mol. The lowest BCUT2D eigenvalue weighted by Crippen LogP contribution is -2.38. The van der Waals surface area contributed by atoms with E-state index in [1.54, 1.807) is 18.0 Å². The van der Waals surface area contributed by atoms with Gasteiger partial charge in [-0.2, -0.15) is 0 Å². The number of benzene rings is 1. The lowest BCUT2D eigenvalue weighted by Gasteiger charge is -2.20. The van der Waals surface area contributed by atoms with Crippen molar-refractivity contribution >= 4 is 23.1 Å². The van der Waals surface area contributed by atoms with Crippen LogP contribution in [0.15, 0.2) is 12.1 Å². The van der Waals surface area contributed by atoms with Gasteiger partial charge >= 0.3 is 5.97 Å². The molecule has 0 aromatic heterocycles. The maximum atomic E-state index is 11.5. The first-order chi connectivity index (χ1) is 8.47. The van der Waals surface area contributed by atoms with Crippen molar-refractivity contribution in [3.63, 3.8) is 0 Å². The fourth-order valence-corrected chi connectivity index (χ4v) is 2.16. The van der Waals surface area contributed by atoms with Crippen molar-refractivity contribution in [1.82, 2.24) is 0 Å². The van der Waals surface area contributed by atoms with Gasteiger partial charge in [0.2, 0.25) is 0 Å². The van der Waals surface area contributed by atoms with E-state index in [0.29, 0.717) is 17.1 Å². The van der Waals surface area contributed by atoms with E-state index in [9.17, 15) is 14.7 Å². The number of hydrogen-bond acceptors (Lipinski definition) is 5. The predicted octanol–water partition coefficient (Wildman–Crippen LogP) is 1.17. The van der Waals surface area contributed by atoms with E-state index in [2.05, 4.69) is 5.32 Å². The van der Waals surface area contributed by atoms with Crippen molar-refractivity contribution in [2.24, 2.45) is 0 Å². The summed E-state index contributed by atoms with van der Waals surface area (Å²) in [5, 5.41) is 12.2. The van der Waals surface area contributed by atoms with Gasteiger partial charge < -0.3 is 20.1 Å². The Kier molecular flexibility index (Phi) is 2.86. The van der Waals surface area contributed by atoms with E-state index in [1.165, 1.54) is 20.1 Å². The molecule has 1 aromatic rings. The summed E-state index contributed by atoms with van der Waals surface area (Å²) in [5.74, 6) is -0.607. The highest BCUT2D eigenvalue weighted by atomic mass is 16.5. The van der Waals surface area contributed by atoms with Crippen LogP contribution in [0.5, 0.6) is 5.75 Å². The molecule has 1 aliphatic heterocycles. The van der Waals surface area contributed by atoms with E-state index in [1.807, 2.05) is 0 Å². The van der Waals surface area contributed by atoms with E-state index in [0.717, 1.165) is 0 Å². The predicted molar refractivity (Wildman–Crippen MR) is 66.4 cm³/mol. The third kappa shape index (κ3) is 1.66. The second-order valence-corrected chi connectivity index (χ2v) is 4.11. The molecule has 6 heteroatoms. The van der Waals surface area contributed by atoms with Crippen LogP contribution >= 0.6 is 0 Å². The summed E-state index contributed by atoms with van der Waals surface area (Å²) in [6, 6.07) is 3.05. The molecular weight excluding hydrogens is 236 g/mol. The zero-order chi connectivity index (χ0) is 13.4. The summed E-state index contributed by atoms with van der Waals surface area (Å²) in [4.78, 5) is 24.3. The highest BCUT2D eigenvalue weighted by Crippen LogP contribution is 2.43. The number of carbonyl (C=O) groups excluding carboxylic acids is 1. The molecule has 1 aliphatic rings. The van der Waals surface area contributed by atoms with Crippen molar-refractivity contribution in [2.75, 3.05) is 24.4 Å². The maximum absolute atomic E-state index is 11.5. The SMILES string of the molecule is COc1ccc(C(=O)O)c2c1NC(C(C)=O)N2C. The minimum Gasteiger partial charge on any atom is -0.495 e. The number of methoxy groups -OCH3 is 1. The van der Waals surface area contributed by atoms with Gasteiger partial charge in [-0.05, 0) is 19.1 Å². The molecule has 6 nitrogen and oxygen atoms in total. The monoisotopic (exact) mass is 250 g/mol. The molecular formula is C12H14N2O4. The number of nitrogens with zero attached hydrogens (tertiary/aromatic N) is 1. The Morgan fingerprint density at radius 2 is 2.11 bits per heavy atom. The summed E-state index contributed by atoms with van der Waals surface area (Å²) in [7, 11) is 3.18. The minimum absolute atomic E-state index is 0.0907. The Morgan fingerprint density at radius 3 is 2.61 bits per heavy atom. The zero-order valence-corrected chi connectivity index (χ0v) is 10.4. The summed E-state index contributed by atoms with van der Waals surface area (Å²) < 4.78 is 5.17. The third-order valence-corrected chi connectivity index (χ3v) is 3.00. The summed E-state index contributed by atoms with van der Waals surface area (Å²) in [6.45, 7) is 1.45. The summed E-state index contributed by atoms with van der Waals surface area (Å²) in [6.07, 6.45) is -0.561. The van der Waals surface area contributed by atoms with Crippen molar-refractivity contribution in [1.29, 1.82) is 0 Å². The van der Waals surface area contributed by atoms with E-state index in [-0.39, 0.29) is 11.3 Å². The van der Waals surface area contributed by atoms with Crippen LogP contribution < -0.4 is 15.0 Å². The number of aromatic carboxylic acids is 1. The fourth-order valence-electron chi connectivity index (χ4n) is 2.16. The van der Waals surface area contributed by atoms with Crippen LogP contribution in [0.25, 0.3) is 0 Å². The average Bonchev–Trinajstić information content (AvgIpc) is 2.66. The number of carboxylic acid groups (broad SMARTS) is 1. The third-order valence-electron chi connectivity index (χ3n) is 3.00. The van der Waals surface area contributed by atoms with Gasteiger partial charge in [-0.3, -0.25) is 4.79 Å². The number of nitrogens with one attached hydrogen (secondary N) is 1. The molecule has 1 unspecified atom stereocenters. The lowest BCUT2D eigenvalue weighted by molar-refractivity contribution is -0.117. The Labute approximate surface area is 104 Å². The lowest BCUT2D eigenvalue weighted by atomic mass is 10.1. The van der Waals surface area contributed by atoms with Crippen LogP contribution in [0.2, 0.25) is 0 Å². The molecule has 0 aliphatic carbocycles. The van der Waals surface area contributed by atoms with Crippen LogP contribution in [0.3, 0.4) is 0 Å². The second kappa shape index (κ2) is 4.21. The molecule has 1 heterocycles. The highest BCUT2D eigenvalue weighted by molar-refractivity contribution is 6.04. The van der Waals surface area contributed by atoms with Crippen molar-refractivity contribution in [2.45, 2.75) is 13.1 Å². The first-order valence-corrected chi connectivity index (χ1v) is 5.41. The molecule has 0 radical (unpaired) electrons. The Bertz CT molecular complexity index is 527. The van der Waals surface area contributed by atoms with E-state index >= 15 is 0 Å². The molecule has 96 valence electrons. The number of hydrogen-bond donors (Lipinski definition) is 2. The van der Waals surface area contributed by atoms with Gasteiger partial charge in [0.25, 0.3) is 0 Å². The molecule has 0 amide bonds. The van der Waals surface area contributed by atoms with Crippen LogP contribution in [0.4, 0.5) is 11.4 Å². The molecule has 2 rings (SSSR count). The van der Waals surface area contributed by atoms with Crippen LogP contribution in [0, 0.1) is 0 Å². The van der Waals surface area contributed by atoms with E-state index < -0.39 is 12.1 Å². The van der Waals surface area contributed by atoms with Gasteiger partial charge in [0.1, 0.15) is 11.4 Å². The maximum Gasteiger partial charge on any atom is 0.337 e. The van der Waals surface area contributed by atoms with Crippen molar-refractivity contribution in [3.8, 4) is 5.75 Å². The molecule has 0 spiro atoms. The quantitative estimate of drug-likeness (QED) is 0.838. The van der Waals surface area contributed by atoms with Gasteiger partial charge in [0, 0.05) is 7.05 Å². The van der Waals surface area contributed by atoms with Crippen LogP contribution in [-0.4, -0.2) is 37.2 Å². The van der Waals surface area contributed by atoms with Gasteiger partial charge in [-0.1, -0.05) is 0 Å². The van der Waals surface area contributed by atoms with Crippen molar-refractivity contribution < 1.29 is 19.4 Å². The zero-order valence-electron chi connectivity index (χ0n) is 10.4. The first kappa shape index (κ1) is 12.2. The highest BCUT2D eigenvalue weighted by Gasteiger charge is 2.34. The van der Waals surface area contributed by atoms with Crippen molar-refractivity contribution in [3.05, 3.63) is 17.7 Å². The molecule has 1 aromatic carbocycles. The number of anilines is 2. The van der Waals surface area contributed by atoms with Crippen LogP contribution in [0.1, 0.15) is 17.3 Å². The first-order valence-electron chi connectivity index (χ1n) is 5.41. The number of likely N-dealkylation sites (N-methyl/N-ethyl adjacent to an activating group) is 1. The second-order valence-electron chi connectivity index (χ2n) is 4.11. The van der Waals surface area contributed by atoms with Gasteiger partial charge in [-0.25, -0.2) is 4.79 Å². The molecule has 0 fully saturated rings. The van der Waals surface area contributed by atoms with Gasteiger partial charge in [0.05, 0.1) is 18.4 Å². The molecule has 1 atom stereocenters. The molecule has 0 saturated carbocycles. The Balaban J connectivity index is 2.61. The molecule has 0 bridgehead atoms. The number of carboxylic acids is 1. The molecule has 2 N–H and O–H groups in total. The number of fused-ring (bicyclic) bond motifs is 1. The molecule has 0 saturated heterocycles. The molecule has 18 heavy (non-hydrogen) atoms. The van der Waals surface area contributed by atoms with E-state index in [4.69, 9.17) is 4.74 Å². The number of rotatable bonds is 3.